The van der Waals surface area contributed by atoms with Gasteiger partial charge in [0.25, 0.3) is 5.91 Å². The van der Waals surface area contributed by atoms with Gasteiger partial charge in [0.15, 0.2) is 9.84 Å². The lowest BCUT2D eigenvalue weighted by Crippen LogP contribution is -2.43. The molecular weight excluding hydrogens is 416 g/mol. The van der Waals surface area contributed by atoms with E-state index >= 15 is 0 Å². The van der Waals surface area contributed by atoms with Crippen molar-refractivity contribution in [3.8, 4) is 0 Å². The highest BCUT2D eigenvalue weighted by Gasteiger charge is 2.34. The molecule has 26 heavy (non-hydrogen) atoms. The summed E-state index contributed by atoms with van der Waals surface area (Å²) in [5.41, 5.74) is 0.681. The van der Waals surface area contributed by atoms with Crippen LogP contribution in [-0.2, 0) is 19.4 Å². The SMILES string of the molecule is O=C(CN1C(=O)/C(=C\c2ccccc2Cl)SC1=S)N[C@@H]1C=CS(=O)(=O)C1. The second-order valence-corrected chi connectivity index (χ2v) is 9.64. The first-order valence-electron chi connectivity index (χ1n) is 7.45. The van der Waals surface area contributed by atoms with Crippen LogP contribution in [0.4, 0.5) is 0 Å². The molecule has 0 radical (unpaired) electrons. The summed E-state index contributed by atoms with van der Waals surface area (Å²) in [6.45, 7) is -0.269. The van der Waals surface area contributed by atoms with Crippen molar-refractivity contribution < 1.29 is 18.0 Å². The average Bonchev–Trinajstić information content (AvgIpc) is 3.03. The molecule has 0 saturated carbocycles. The van der Waals surface area contributed by atoms with Crippen LogP contribution in [0.5, 0.6) is 0 Å². The van der Waals surface area contributed by atoms with E-state index in [4.69, 9.17) is 23.8 Å². The maximum Gasteiger partial charge on any atom is 0.266 e. The molecule has 1 atom stereocenters. The zero-order chi connectivity index (χ0) is 18.9. The molecule has 0 bridgehead atoms. The van der Waals surface area contributed by atoms with E-state index in [0.29, 0.717) is 15.5 Å². The molecule has 1 aromatic rings. The highest BCUT2D eigenvalue weighted by molar-refractivity contribution is 8.26. The topological polar surface area (TPSA) is 83.6 Å². The summed E-state index contributed by atoms with van der Waals surface area (Å²) in [4.78, 5) is 26.2. The van der Waals surface area contributed by atoms with Crippen LogP contribution in [0.25, 0.3) is 6.08 Å². The lowest BCUT2D eigenvalue weighted by molar-refractivity contribution is -0.128. The average molecular weight is 429 g/mol. The predicted molar refractivity (Wildman–Crippen MR) is 106 cm³/mol. The molecule has 2 aliphatic heterocycles. The van der Waals surface area contributed by atoms with Gasteiger partial charge >= 0.3 is 0 Å². The van der Waals surface area contributed by atoms with E-state index < -0.39 is 21.8 Å². The number of nitrogens with one attached hydrogen (secondary N) is 1. The van der Waals surface area contributed by atoms with Gasteiger partial charge in [0.05, 0.1) is 16.7 Å². The molecule has 1 N–H and O–H groups in total. The Labute approximate surface area is 165 Å². The third-order valence-electron chi connectivity index (χ3n) is 3.64. The molecule has 0 spiro atoms. The third-order valence-corrected chi connectivity index (χ3v) is 6.76. The number of amides is 2. The number of thiocarbonyl (C=S) groups is 1. The molecule has 3 rings (SSSR count). The van der Waals surface area contributed by atoms with Crippen molar-refractivity contribution in [1.29, 1.82) is 0 Å². The van der Waals surface area contributed by atoms with Crippen LogP contribution in [0.3, 0.4) is 0 Å². The van der Waals surface area contributed by atoms with Gasteiger partial charge in [-0.15, -0.1) is 0 Å². The van der Waals surface area contributed by atoms with Crippen LogP contribution in [0.1, 0.15) is 5.56 Å². The molecule has 6 nitrogen and oxygen atoms in total. The van der Waals surface area contributed by atoms with E-state index in [9.17, 15) is 18.0 Å². The minimum atomic E-state index is -3.26. The van der Waals surface area contributed by atoms with Gasteiger partial charge in [-0.1, -0.05) is 53.8 Å². The smallest absolute Gasteiger partial charge is 0.266 e. The first-order chi connectivity index (χ1) is 12.2. The molecule has 136 valence electrons. The quantitative estimate of drug-likeness (QED) is 0.583. The van der Waals surface area contributed by atoms with Crippen molar-refractivity contribution in [2.24, 2.45) is 0 Å². The number of carbonyl (C=O) groups is 2. The highest BCUT2D eigenvalue weighted by Crippen LogP contribution is 2.33. The molecule has 2 amide bonds. The lowest BCUT2D eigenvalue weighted by Gasteiger charge is -2.16. The van der Waals surface area contributed by atoms with Crippen molar-refractivity contribution in [2.45, 2.75) is 6.04 Å². The molecule has 0 aromatic heterocycles. The summed E-state index contributed by atoms with van der Waals surface area (Å²) < 4.78 is 23.0. The van der Waals surface area contributed by atoms with Crippen molar-refractivity contribution in [3.05, 3.63) is 51.2 Å². The van der Waals surface area contributed by atoms with Gasteiger partial charge < -0.3 is 5.32 Å². The maximum absolute atomic E-state index is 12.5. The van der Waals surface area contributed by atoms with Gasteiger partial charge in [0.2, 0.25) is 5.91 Å². The van der Waals surface area contributed by atoms with E-state index in [2.05, 4.69) is 5.32 Å². The zero-order valence-electron chi connectivity index (χ0n) is 13.2. The second-order valence-electron chi connectivity index (χ2n) is 5.62. The van der Waals surface area contributed by atoms with Crippen LogP contribution < -0.4 is 5.32 Å². The van der Waals surface area contributed by atoms with E-state index in [1.807, 2.05) is 0 Å². The van der Waals surface area contributed by atoms with Gasteiger partial charge in [0.1, 0.15) is 10.9 Å². The summed E-state index contributed by atoms with van der Waals surface area (Å²) in [7, 11) is -3.26. The summed E-state index contributed by atoms with van der Waals surface area (Å²) in [6.07, 6.45) is 3.04. The van der Waals surface area contributed by atoms with Gasteiger partial charge in [0, 0.05) is 10.4 Å². The van der Waals surface area contributed by atoms with Gasteiger partial charge in [-0.2, -0.15) is 0 Å². The van der Waals surface area contributed by atoms with Crippen molar-refractivity contribution in [2.75, 3.05) is 12.3 Å². The number of halogens is 1. The van der Waals surface area contributed by atoms with E-state index in [-0.39, 0.29) is 22.5 Å². The van der Waals surface area contributed by atoms with Gasteiger partial charge in [-0.25, -0.2) is 8.42 Å². The Balaban J connectivity index is 1.67. The lowest BCUT2D eigenvalue weighted by atomic mass is 10.2. The maximum atomic E-state index is 12.5. The van der Waals surface area contributed by atoms with Crippen LogP contribution >= 0.6 is 35.6 Å². The first-order valence-corrected chi connectivity index (χ1v) is 10.8. The van der Waals surface area contributed by atoms with E-state index in [1.165, 1.54) is 11.0 Å². The van der Waals surface area contributed by atoms with E-state index in [0.717, 1.165) is 17.2 Å². The fourth-order valence-corrected chi connectivity index (χ4v) is 5.10. The zero-order valence-corrected chi connectivity index (χ0v) is 16.4. The Morgan fingerprint density at radius 2 is 2.15 bits per heavy atom. The summed E-state index contributed by atoms with van der Waals surface area (Å²) in [6, 6.07) is 6.48. The van der Waals surface area contributed by atoms with Crippen LogP contribution in [0.2, 0.25) is 5.02 Å². The number of nitrogens with zero attached hydrogens (tertiary/aromatic N) is 1. The monoisotopic (exact) mass is 428 g/mol. The summed E-state index contributed by atoms with van der Waals surface area (Å²) >= 11 is 12.4. The van der Waals surface area contributed by atoms with E-state index in [1.54, 1.807) is 30.3 Å². The van der Waals surface area contributed by atoms with Gasteiger partial charge in [-0.05, 0) is 23.8 Å². The number of hydrogen-bond donors (Lipinski definition) is 1. The van der Waals surface area contributed by atoms with Crippen LogP contribution in [0, 0.1) is 0 Å². The molecule has 1 fully saturated rings. The fraction of sp³-hybridized carbons (Fsp3) is 0.188. The van der Waals surface area contributed by atoms with Crippen molar-refractivity contribution in [3.63, 3.8) is 0 Å². The standard InChI is InChI=1S/C16H13ClN2O4S3/c17-12-4-2-1-3-10(12)7-13-15(21)19(16(24)25-13)8-14(20)18-11-5-6-26(22,23)9-11/h1-7,11H,8-9H2,(H,18,20)/b13-7+/t11-/m1/s1. The predicted octanol–water partition coefficient (Wildman–Crippen LogP) is 1.97. The van der Waals surface area contributed by atoms with Crippen LogP contribution in [0.15, 0.2) is 40.7 Å². The number of rotatable bonds is 4. The van der Waals surface area contributed by atoms with Crippen molar-refractivity contribution >= 4 is 67.6 Å². The number of thioether (sulfide) groups is 1. The Kier molecular flexibility index (Phi) is 5.52. The van der Waals surface area contributed by atoms with Crippen LogP contribution in [-0.4, -0.2) is 47.8 Å². The largest absolute Gasteiger partial charge is 0.347 e. The number of benzene rings is 1. The second kappa shape index (κ2) is 7.51. The Hall–Kier alpha value is -1.68. The molecule has 1 saturated heterocycles. The number of hydrogen-bond acceptors (Lipinski definition) is 6. The molecular formula is C16H13ClN2O4S3. The fourth-order valence-electron chi connectivity index (χ4n) is 2.43. The normalized spacial score (nSPS) is 23.0. The minimum absolute atomic E-state index is 0.177. The Morgan fingerprint density at radius 3 is 2.81 bits per heavy atom. The molecule has 0 unspecified atom stereocenters. The number of sulfone groups is 1. The molecule has 2 aliphatic rings. The summed E-state index contributed by atoms with van der Waals surface area (Å²) in [5, 5.41) is 4.15. The molecule has 1 aromatic carbocycles. The molecule has 2 heterocycles. The Bertz CT molecular complexity index is 956. The highest BCUT2D eigenvalue weighted by atomic mass is 35.5. The number of carbonyl (C=O) groups excluding carboxylic acids is 2. The van der Waals surface area contributed by atoms with Gasteiger partial charge in [-0.3, -0.25) is 14.5 Å². The van der Waals surface area contributed by atoms with Crippen molar-refractivity contribution in [1.82, 2.24) is 10.2 Å². The third kappa shape index (κ3) is 4.35. The molecule has 10 heteroatoms. The Morgan fingerprint density at radius 1 is 1.42 bits per heavy atom. The minimum Gasteiger partial charge on any atom is -0.347 e. The molecule has 0 aliphatic carbocycles. The summed E-state index contributed by atoms with van der Waals surface area (Å²) in [5.74, 6) is -1.04. The first kappa shape index (κ1) is 19.1.